The number of nitrogens with zero attached hydrogens (tertiary/aromatic N) is 2. The van der Waals surface area contributed by atoms with Crippen LogP contribution in [0.5, 0.6) is 0 Å². The Bertz CT molecular complexity index is 487. The van der Waals surface area contributed by atoms with Crippen LogP contribution in [0, 0.1) is 6.92 Å². The molecule has 2 rings (SSSR count). The highest BCUT2D eigenvalue weighted by Crippen LogP contribution is 2.25. The molecule has 2 aromatic heterocycles. The van der Waals surface area contributed by atoms with Crippen molar-refractivity contribution in [1.82, 2.24) is 10.1 Å². The fourth-order valence-electron chi connectivity index (χ4n) is 1.20. The summed E-state index contributed by atoms with van der Waals surface area (Å²) < 4.78 is 5.06. The predicted molar refractivity (Wildman–Crippen MR) is 56.7 cm³/mol. The van der Waals surface area contributed by atoms with Crippen molar-refractivity contribution in [2.24, 2.45) is 0 Å². The average Bonchev–Trinajstić information content (AvgIpc) is 2.72. The van der Waals surface area contributed by atoms with Crippen LogP contribution < -0.4 is 0 Å². The van der Waals surface area contributed by atoms with Crippen molar-refractivity contribution >= 4 is 17.1 Å². The van der Waals surface area contributed by atoms with Gasteiger partial charge in [0.2, 0.25) is 0 Å². The molecule has 0 bridgehead atoms. The number of Topliss-reactive ketones (excluding diaryl/α,β-unsaturated/α-hetero) is 1. The van der Waals surface area contributed by atoms with E-state index in [0.717, 1.165) is 4.88 Å². The Hall–Kier alpha value is -1.49. The summed E-state index contributed by atoms with van der Waals surface area (Å²) in [5, 5.41) is 3.74. The highest BCUT2D eigenvalue weighted by molar-refractivity contribution is 7.15. The minimum Gasteiger partial charge on any atom is -0.333 e. The molecule has 0 atom stereocenters. The molecule has 0 fully saturated rings. The molecule has 4 nitrogen and oxygen atoms in total. The van der Waals surface area contributed by atoms with Crippen LogP contribution in [-0.4, -0.2) is 15.9 Å². The van der Waals surface area contributed by atoms with E-state index in [1.165, 1.54) is 11.8 Å². The van der Waals surface area contributed by atoms with Gasteiger partial charge >= 0.3 is 0 Å². The number of carbonyl (C=O) groups excluding carboxylic acids is 1. The number of ketones is 1. The largest absolute Gasteiger partial charge is 0.333 e. The molecule has 78 valence electrons. The lowest BCUT2D eigenvalue weighted by molar-refractivity contribution is -0.116. The molecule has 2 aromatic rings. The van der Waals surface area contributed by atoms with E-state index in [1.807, 2.05) is 19.1 Å². The van der Waals surface area contributed by atoms with E-state index in [4.69, 9.17) is 4.52 Å². The van der Waals surface area contributed by atoms with Crippen molar-refractivity contribution in [3.8, 4) is 10.8 Å². The van der Waals surface area contributed by atoms with Crippen molar-refractivity contribution in [2.45, 2.75) is 20.3 Å². The molecule has 0 unspecified atom stereocenters. The molecule has 0 saturated carbocycles. The van der Waals surface area contributed by atoms with Crippen LogP contribution in [0.15, 0.2) is 16.7 Å². The maximum atomic E-state index is 10.8. The van der Waals surface area contributed by atoms with E-state index in [2.05, 4.69) is 10.1 Å². The predicted octanol–water partition coefficient (Wildman–Crippen LogP) is 2.24. The lowest BCUT2D eigenvalue weighted by Crippen LogP contribution is -1.97. The van der Waals surface area contributed by atoms with Crippen LogP contribution in [0.3, 0.4) is 0 Å². The van der Waals surface area contributed by atoms with Crippen molar-refractivity contribution in [3.05, 3.63) is 22.8 Å². The van der Waals surface area contributed by atoms with Crippen molar-refractivity contribution in [3.63, 3.8) is 0 Å². The zero-order valence-corrected chi connectivity index (χ0v) is 9.30. The van der Waals surface area contributed by atoms with Crippen LogP contribution in [0.25, 0.3) is 10.8 Å². The van der Waals surface area contributed by atoms with Gasteiger partial charge in [0.25, 0.3) is 5.89 Å². The second-order valence-corrected chi connectivity index (χ2v) is 4.59. The molecule has 0 spiro atoms. The van der Waals surface area contributed by atoms with Gasteiger partial charge in [-0.15, -0.1) is 11.3 Å². The number of hydrogen-bond acceptors (Lipinski definition) is 5. The number of carbonyl (C=O) groups is 1. The number of thiophene rings is 1. The molecule has 2 heterocycles. The van der Waals surface area contributed by atoms with Crippen LogP contribution in [0.1, 0.15) is 17.6 Å². The summed E-state index contributed by atoms with van der Waals surface area (Å²) in [7, 11) is 0. The topological polar surface area (TPSA) is 56.0 Å². The first-order valence-corrected chi connectivity index (χ1v) is 5.35. The zero-order valence-electron chi connectivity index (χ0n) is 8.48. The normalized spacial score (nSPS) is 10.5. The molecule has 0 aromatic carbocycles. The summed E-state index contributed by atoms with van der Waals surface area (Å²) in [6.07, 6.45) is 0.230. The molecule has 5 heteroatoms. The Morgan fingerprint density at radius 2 is 2.33 bits per heavy atom. The zero-order chi connectivity index (χ0) is 10.8. The van der Waals surface area contributed by atoms with E-state index < -0.39 is 0 Å². The maximum Gasteiger partial charge on any atom is 0.268 e. The maximum absolute atomic E-state index is 10.8. The highest BCUT2D eigenvalue weighted by Gasteiger charge is 2.11. The van der Waals surface area contributed by atoms with E-state index in [1.54, 1.807) is 11.3 Å². The SMILES string of the molecule is CC(=O)Cc1noc(-c2ccc(C)s2)n1. The molecule has 0 amide bonds. The van der Waals surface area contributed by atoms with Gasteiger partial charge in [0, 0.05) is 4.88 Å². The van der Waals surface area contributed by atoms with E-state index in [9.17, 15) is 4.79 Å². The molecular weight excluding hydrogens is 212 g/mol. The Balaban J connectivity index is 2.23. The molecular formula is C10H10N2O2S. The van der Waals surface area contributed by atoms with E-state index >= 15 is 0 Å². The smallest absolute Gasteiger partial charge is 0.268 e. The summed E-state index contributed by atoms with van der Waals surface area (Å²) in [6, 6.07) is 3.93. The number of aromatic nitrogens is 2. The van der Waals surface area contributed by atoms with E-state index in [-0.39, 0.29) is 12.2 Å². The monoisotopic (exact) mass is 222 g/mol. The van der Waals surface area contributed by atoms with Crippen LogP contribution in [-0.2, 0) is 11.2 Å². The Kier molecular flexibility index (Phi) is 2.64. The van der Waals surface area contributed by atoms with Gasteiger partial charge in [0.05, 0.1) is 11.3 Å². The molecule has 15 heavy (non-hydrogen) atoms. The van der Waals surface area contributed by atoms with Crippen molar-refractivity contribution in [2.75, 3.05) is 0 Å². The third-order valence-electron chi connectivity index (χ3n) is 1.83. The van der Waals surface area contributed by atoms with Gasteiger partial charge in [-0.1, -0.05) is 5.16 Å². The summed E-state index contributed by atoms with van der Waals surface area (Å²) in [6.45, 7) is 3.52. The molecule has 0 aliphatic carbocycles. The van der Waals surface area contributed by atoms with Gasteiger partial charge in [-0.2, -0.15) is 4.98 Å². The highest BCUT2D eigenvalue weighted by atomic mass is 32.1. The van der Waals surface area contributed by atoms with Crippen LogP contribution in [0.4, 0.5) is 0 Å². The van der Waals surface area contributed by atoms with Crippen LogP contribution >= 0.6 is 11.3 Å². The minimum absolute atomic E-state index is 0.0321. The lowest BCUT2D eigenvalue weighted by atomic mass is 10.3. The van der Waals surface area contributed by atoms with Gasteiger partial charge in [0.15, 0.2) is 5.82 Å². The van der Waals surface area contributed by atoms with Gasteiger partial charge in [-0.3, -0.25) is 4.79 Å². The second-order valence-electron chi connectivity index (χ2n) is 3.30. The quantitative estimate of drug-likeness (QED) is 0.799. The summed E-state index contributed by atoms with van der Waals surface area (Å²) in [5.41, 5.74) is 0. The Morgan fingerprint density at radius 1 is 1.53 bits per heavy atom. The fourth-order valence-corrected chi connectivity index (χ4v) is 1.99. The standard InChI is InChI=1S/C10H10N2O2S/c1-6(13)5-9-11-10(14-12-9)8-4-3-7(2)15-8/h3-4H,5H2,1-2H3. The summed E-state index contributed by atoms with van der Waals surface area (Å²) in [4.78, 5) is 17.1. The molecule has 0 radical (unpaired) electrons. The lowest BCUT2D eigenvalue weighted by Gasteiger charge is -1.84. The first-order valence-electron chi connectivity index (χ1n) is 4.54. The van der Waals surface area contributed by atoms with Gasteiger partial charge < -0.3 is 4.52 Å². The second kappa shape index (κ2) is 3.94. The van der Waals surface area contributed by atoms with Gasteiger partial charge in [-0.05, 0) is 26.0 Å². The summed E-state index contributed by atoms with van der Waals surface area (Å²) in [5.74, 6) is 0.970. The first kappa shape index (κ1) is 10.0. The van der Waals surface area contributed by atoms with Crippen molar-refractivity contribution in [1.29, 1.82) is 0 Å². The number of rotatable bonds is 3. The van der Waals surface area contributed by atoms with Crippen LogP contribution in [0.2, 0.25) is 0 Å². The Labute approximate surface area is 90.9 Å². The number of hydrogen-bond donors (Lipinski definition) is 0. The molecule has 0 aliphatic heterocycles. The van der Waals surface area contributed by atoms with Gasteiger partial charge in [-0.25, -0.2) is 0 Å². The van der Waals surface area contributed by atoms with E-state index in [0.29, 0.717) is 11.7 Å². The number of aryl methyl sites for hydroxylation is 1. The van der Waals surface area contributed by atoms with Gasteiger partial charge in [0.1, 0.15) is 5.78 Å². The third kappa shape index (κ3) is 2.30. The summed E-state index contributed by atoms with van der Waals surface area (Å²) >= 11 is 1.59. The minimum atomic E-state index is 0.0321. The first-order chi connectivity index (χ1) is 7.15. The van der Waals surface area contributed by atoms with Crippen molar-refractivity contribution < 1.29 is 9.32 Å². The Morgan fingerprint density at radius 3 is 2.93 bits per heavy atom. The molecule has 0 aliphatic rings. The fraction of sp³-hybridized carbons (Fsp3) is 0.300. The average molecular weight is 222 g/mol. The molecule has 0 saturated heterocycles. The third-order valence-corrected chi connectivity index (χ3v) is 2.81. The molecule has 0 N–H and O–H groups in total.